The molecule has 18 heavy (non-hydrogen) atoms. The number of carbonyl (C=O) groups excluding carboxylic acids is 1. The van der Waals surface area contributed by atoms with Gasteiger partial charge in [-0.3, -0.25) is 4.79 Å². The van der Waals surface area contributed by atoms with Gasteiger partial charge in [-0.25, -0.2) is 0 Å². The quantitative estimate of drug-likeness (QED) is 0.725. The number of fused-ring (bicyclic) bond motifs is 1. The van der Waals surface area contributed by atoms with Crippen LogP contribution in [-0.4, -0.2) is 24.5 Å². The average molecular weight is 245 g/mol. The zero-order valence-electron chi connectivity index (χ0n) is 10.4. The molecule has 0 radical (unpaired) electrons. The van der Waals surface area contributed by atoms with E-state index in [1.54, 1.807) is 0 Å². The number of benzene rings is 1. The number of rotatable bonds is 3. The lowest BCUT2D eigenvalue weighted by Crippen LogP contribution is -2.46. The average Bonchev–Trinajstić information content (AvgIpc) is 3.15. The molecular weight excluding hydrogens is 226 g/mol. The summed E-state index contributed by atoms with van der Waals surface area (Å²) in [6, 6.07) is 8.62. The first-order valence-electron chi connectivity index (χ1n) is 6.57. The number of carbonyl (C=O) groups is 1. The van der Waals surface area contributed by atoms with Crippen molar-refractivity contribution in [2.75, 3.05) is 13.1 Å². The molecule has 1 aromatic rings. The maximum atomic E-state index is 11.8. The highest BCUT2D eigenvalue weighted by atomic mass is 16.2. The number of nitrogens with two attached hydrogens (primary N) is 1. The second-order valence-corrected chi connectivity index (χ2v) is 5.32. The minimum absolute atomic E-state index is 0.00708. The molecule has 96 valence electrons. The van der Waals surface area contributed by atoms with Gasteiger partial charge in [-0.1, -0.05) is 24.3 Å². The molecule has 1 heterocycles. The summed E-state index contributed by atoms with van der Waals surface area (Å²) in [5.41, 5.74) is 7.97. The molecule has 1 fully saturated rings. The molecule has 4 heteroatoms. The molecule has 1 aromatic carbocycles. The van der Waals surface area contributed by atoms with E-state index in [1.165, 1.54) is 11.1 Å². The van der Waals surface area contributed by atoms with Gasteiger partial charge >= 0.3 is 0 Å². The molecule has 0 spiro atoms. The van der Waals surface area contributed by atoms with Crippen molar-refractivity contribution in [3.05, 3.63) is 35.4 Å². The van der Waals surface area contributed by atoms with Crippen LogP contribution in [-0.2, 0) is 11.2 Å². The number of nitrogens with one attached hydrogen (secondary N) is 2. The highest BCUT2D eigenvalue weighted by molar-refractivity contribution is 5.89. The van der Waals surface area contributed by atoms with E-state index < -0.39 is 5.54 Å². The van der Waals surface area contributed by atoms with E-state index in [2.05, 4.69) is 28.8 Å². The molecule has 1 amide bonds. The van der Waals surface area contributed by atoms with Crippen LogP contribution >= 0.6 is 0 Å². The number of amides is 1. The van der Waals surface area contributed by atoms with Gasteiger partial charge in [0.15, 0.2) is 0 Å². The summed E-state index contributed by atoms with van der Waals surface area (Å²) in [7, 11) is 0. The van der Waals surface area contributed by atoms with Crippen LogP contribution in [0.25, 0.3) is 0 Å². The lowest BCUT2D eigenvalue weighted by atomic mass is 9.94. The summed E-state index contributed by atoms with van der Waals surface area (Å²) in [5, 5.41) is 6.42. The summed E-state index contributed by atoms with van der Waals surface area (Å²) >= 11 is 0. The first-order chi connectivity index (χ1) is 8.69. The summed E-state index contributed by atoms with van der Waals surface area (Å²) in [6.45, 7) is 1.58. The fourth-order valence-electron chi connectivity index (χ4n) is 2.51. The molecule has 0 saturated heterocycles. The van der Waals surface area contributed by atoms with Crippen LogP contribution in [0, 0.1) is 0 Å². The van der Waals surface area contributed by atoms with E-state index in [0.29, 0.717) is 6.54 Å². The summed E-state index contributed by atoms with van der Waals surface area (Å²) in [5.74, 6) is -0.00708. The van der Waals surface area contributed by atoms with E-state index in [1.807, 2.05) is 6.07 Å². The molecular formula is C14H19N3O. The van der Waals surface area contributed by atoms with Crippen molar-refractivity contribution in [2.45, 2.75) is 30.8 Å². The van der Waals surface area contributed by atoms with Crippen LogP contribution in [0.1, 0.15) is 30.0 Å². The predicted octanol–water partition coefficient (Wildman–Crippen LogP) is 0.481. The molecule has 3 rings (SSSR count). The molecule has 0 aromatic heterocycles. The van der Waals surface area contributed by atoms with Crippen molar-refractivity contribution in [1.82, 2.24) is 10.6 Å². The van der Waals surface area contributed by atoms with Gasteiger partial charge in [0, 0.05) is 12.6 Å². The van der Waals surface area contributed by atoms with E-state index in [9.17, 15) is 4.79 Å². The third kappa shape index (κ3) is 2.13. The zero-order valence-corrected chi connectivity index (χ0v) is 10.4. The summed E-state index contributed by atoms with van der Waals surface area (Å²) in [4.78, 5) is 11.8. The van der Waals surface area contributed by atoms with Gasteiger partial charge in [-0.2, -0.15) is 0 Å². The first kappa shape index (κ1) is 11.7. The summed E-state index contributed by atoms with van der Waals surface area (Å²) in [6.07, 6.45) is 2.68. The van der Waals surface area contributed by atoms with E-state index >= 15 is 0 Å². The highest BCUT2D eigenvalue weighted by Crippen LogP contribution is 2.32. The molecule has 4 N–H and O–H groups in total. The first-order valence-corrected chi connectivity index (χ1v) is 6.57. The van der Waals surface area contributed by atoms with Gasteiger partial charge in [0.25, 0.3) is 0 Å². The molecule has 1 aliphatic heterocycles. The molecule has 0 bridgehead atoms. The van der Waals surface area contributed by atoms with Gasteiger partial charge in [0.2, 0.25) is 5.91 Å². The Bertz CT molecular complexity index is 468. The highest BCUT2D eigenvalue weighted by Gasteiger charge is 2.45. The van der Waals surface area contributed by atoms with Gasteiger partial charge < -0.3 is 16.4 Å². The van der Waals surface area contributed by atoms with Gasteiger partial charge in [-0.15, -0.1) is 0 Å². The Morgan fingerprint density at radius 2 is 2.22 bits per heavy atom. The fraction of sp³-hybridized carbons (Fsp3) is 0.500. The Morgan fingerprint density at radius 1 is 1.44 bits per heavy atom. The number of hydrogen-bond donors (Lipinski definition) is 3. The lowest BCUT2D eigenvalue weighted by Gasteiger charge is -2.27. The molecule has 1 atom stereocenters. The largest absolute Gasteiger partial charge is 0.353 e. The molecule has 4 nitrogen and oxygen atoms in total. The van der Waals surface area contributed by atoms with Gasteiger partial charge in [0.1, 0.15) is 0 Å². The Balaban J connectivity index is 1.65. The monoisotopic (exact) mass is 245 g/mol. The smallest absolute Gasteiger partial charge is 0.240 e. The Hall–Kier alpha value is -1.39. The lowest BCUT2D eigenvalue weighted by molar-refractivity contribution is -0.123. The maximum Gasteiger partial charge on any atom is 0.240 e. The maximum absolute atomic E-state index is 11.8. The molecule has 1 aliphatic carbocycles. The van der Waals surface area contributed by atoms with Crippen LogP contribution in [0.15, 0.2) is 24.3 Å². The molecule has 1 saturated carbocycles. The van der Waals surface area contributed by atoms with Crippen molar-refractivity contribution < 1.29 is 4.79 Å². The topological polar surface area (TPSA) is 67.2 Å². The molecule has 1 unspecified atom stereocenters. The van der Waals surface area contributed by atoms with E-state index in [4.69, 9.17) is 5.73 Å². The minimum Gasteiger partial charge on any atom is -0.353 e. The number of hydrogen-bond acceptors (Lipinski definition) is 3. The third-order valence-corrected chi connectivity index (χ3v) is 3.92. The van der Waals surface area contributed by atoms with Crippen LogP contribution in [0.4, 0.5) is 0 Å². The van der Waals surface area contributed by atoms with Crippen LogP contribution in [0.2, 0.25) is 0 Å². The van der Waals surface area contributed by atoms with Crippen molar-refractivity contribution >= 4 is 5.91 Å². The minimum atomic E-state index is -0.575. The van der Waals surface area contributed by atoms with Gasteiger partial charge in [-0.05, 0) is 36.9 Å². The van der Waals surface area contributed by atoms with E-state index in [0.717, 1.165) is 25.8 Å². The Labute approximate surface area is 107 Å². The van der Waals surface area contributed by atoms with Crippen LogP contribution in [0.5, 0.6) is 0 Å². The van der Waals surface area contributed by atoms with Crippen LogP contribution < -0.4 is 16.4 Å². The van der Waals surface area contributed by atoms with E-state index in [-0.39, 0.29) is 11.9 Å². The Kier molecular flexibility index (Phi) is 2.84. The van der Waals surface area contributed by atoms with Crippen molar-refractivity contribution in [1.29, 1.82) is 0 Å². The third-order valence-electron chi connectivity index (χ3n) is 3.92. The standard InChI is InChI=1S/C14H19N3O/c15-14(6-7-14)13(18)17-9-12-11-4-2-1-3-10(11)5-8-16-12/h1-4,12,16H,5-9,15H2,(H,17,18). The zero-order chi connectivity index (χ0) is 12.6. The van der Waals surface area contributed by atoms with Crippen LogP contribution in [0.3, 0.4) is 0 Å². The summed E-state index contributed by atoms with van der Waals surface area (Å²) < 4.78 is 0. The SMILES string of the molecule is NC1(C(=O)NCC2NCCc3ccccc32)CC1. The van der Waals surface area contributed by atoms with Crippen molar-refractivity contribution in [3.8, 4) is 0 Å². The predicted molar refractivity (Wildman–Crippen MR) is 70.1 cm³/mol. The normalized spacial score (nSPS) is 24.2. The fourth-order valence-corrected chi connectivity index (χ4v) is 2.51. The second kappa shape index (κ2) is 4.37. The Morgan fingerprint density at radius 3 is 3.00 bits per heavy atom. The van der Waals surface area contributed by atoms with Crippen molar-refractivity contribution in [2.24, 2.45) is 5.73 Å². The van der Waals surface area contributed by atoms with Crippen molar-refractivity contribution in [3.63, 3.8) is 0 Å². The second-order valence-electron chi connectivity index (χ2n) is 5.32. The van der Waals surface area contributed by atoms with Gasteiger partial charge in [0.05, 0.1) is 5.54 Å². The molecule has 2 aliphatic rings.